The zero-order chi connectivity index (χ0) is 27.4. The Morgan fingerprint density at radius 3 is 2.37 bits per heavy atom. The lowest BCUT2D eigenvalue weighted by Gasteiger charge is -2.29. The van der Waals surface area contributed by atoms with Crippen LogP contribution in [-0.2, 0) is 37.3 Å². The van der Waals surface area contributed by atoms with E-state index in [0.29, 0.717) is 36.4 Å². The summed E-state index contributed by atoms with van der Waals surface area (Å²) < 4.78 is 37.6. The van der Waals surface area contributed by atoms with E-state index in [-0.39, 0.29) is 42.0 Å². The van der Waals surface area contributed by atoms with Crippen LogP contribution in [0, 0.1) is 5.92 Å². The topological polar surface area (TPSA) is 122 Å². The van der Waals surface area contributed by atoms with Crippen LogP contribution in [0.4, 0.5) is 5.00 Å². The predicted molar refractivity (Wildman–Crippen MR) is 143 cm³/mol. The highest BCUT2D eigenvalue weighted by Gasteiger charge is 2.33. The van der Waals surface area contributed by atoms with Gasteiger partial charge in [-0.1, -0.05) is 6.92 Å². The van der Waals surface area contributed by atoms with Gasteiger partial charge in [-0.25, -0.2) is 13.2 Å². The number of thiophene rings is 1. The molecule has 2 aliphatic heterocycles. The molecule has 12 heteroatoms. The molecule has 10 nitrogen and oxygen atoms in total. The van der Waals surface area contributed by atoms with Crippen molar-refractivity contribution in [2.75, 3.05) is 45.2 Å². The molecule has 0 spiro atoms. The number of likely N-dealkylation sites (N-methyl/N-ethyl adjacent to an activating group) is 1. The standard InChI is InChI=1S/C26H33N3O7S2/c1-4-28-13-12-20-21(16-28)37-24(22(20)26(32)36-5-2)27-23(30)17-6-8-19(9-7-17)38(33,34)29-14-10-18(11-15-29)25(31)35-3/h6-9,18H,4-5,10-16H2,1-3H3,(H,27,30). The number of hydrogen-bond donors (Lipinski definition) is 1. The summed E-state index contributed by atoms with van der Waals surface area (Å²) in [6.45, 7) is 6.94. The molecule has 1 fully saturated rings. The molecule has 206 valence electrons. The fraction of sp³-hybridized carbons (Fsp3) is 0.500. The van der Waals surface area contributed by atoms with Crippen LogP contribution in [0.3, 0.4) is 0 Å². The number of nitrogens with one attached hydrogen (secondary N) is 1. The van der Waals surface area contributed by atoms with Crippen molar-refractivity contribution < 1.29 is 32.3 Å². The molecular weight excluding hydrogens is 530 g/mol. The highest BCUT2D eigenvalue weighted by atomic mass is 32.2. The van der Waals surface area contributed by atoms with Crippen LogP contribution in [0.5, 0.6) is 0 Å². The number of rotatable bonds is 8. The van der Waals surface area contributed by atoms with Gasteiger partial charge in [0.05, 0.1) is 30.1 Å². The SMILES string of the molecule is CCOC(=O)c1c(NC(=O)c2ccc(S(=O)(=O)N3CCC(C(=O)OC)CC3)cc2)sc2c1CCN(CC)C2. The van der Waals surface area contributed by atoms with Gasteiger partial charge >= 0.3 is 11.9 Å². The van der Waals surface area contributed by atoms with E-state index in [0.717, 1.165) is 23.5 Å². The van der Waals surface area contributed by atoms with Crippen molar-refractivity contribution in [3.05, 3.63) is 45.8 Å². The van der Waals surface area contributed by atoms with Crippen molar-refractivity contribution in [1.29, 1.82) is 0 Å². The Labute approximate surface area is 226 Å². The molecule has 1 aromatic heterocycles. The second-order valence-corrected chi connectivity index (χ2v) is 12.3. The quantitative estimate of drug-likeness (QED) is 0.486. The number of esters is 2. The van der Waals surface area contributed by atoms with Crippen molar-refractivity contribution in [2.45, 2.75) is 44.6 Å². The van der Waals surface area contributed by atoms with E-state index in [1.54, 1.807) is 6.92 Å². The molecular formula is C26H33N3O7S2. The third kappa shape index (κ3) is 5.78. The first-order valence-electron chi connectivity index (χ1n) is 12.7. The van der Waals surface area contributed by atoms with Crippen LogP contribution < -0.4 is 5.32 Å². The highest BCUT2D eigenvalue weighted by Crippen LogP contribution is 2.38. The molecule has 0 aliphatic carbocycles. The number of benzene rings is 1. The Balaban J connectivity index is 1.49. The Kier molecular flexibility index (Phi) is 8.86. The smallest absolute Gasteiger partial charge is 0.341 e. The lowest BCUT2D eigenvalue weighted by Crippen LogP contribution is -2.40. The predicted octanol–water partition coefficient (Wildman–Crippen LogP) is 3.13. The number of hydrogen-bond acceptors (Lipinski definition) is 9. The summed E-state index contributed by atoms with van der Waals surface area (Å²) in [4.78, 5) is 41.0. The minimum Gasteiger partial charge on any atom is -0.469 e. The molecule has 4 rings (SSSR count). The zero-order valence-electron chi connectivity index (χ0n) is 21.8. The fourth-order valence-corrected chi connectivity index (χ4v) is 7.58. The highest BCUT2D eigenvalue weighted by molar-refractivity contribution is 7.89. The Morgan fingerprint density at radius 2 is 1.76 bits per heavy atom. The number of piperidine rings is 1. The molecule has 1 N–H and O–H groups in total. The summed E-state index contributed by atoms with van der Waals surface area (Å²) in [7, 11) is -2.44. The molecule has 0 saturated carbocycles. The van der Waals surface area contributed by atoms with E-state index >= 15 is 0 Å². The van der Waals surface area contributed by atoms with Gasteiger partial charge in [-0.15, -0.1) is 11.3 Å². The van der Waals surface area contributed by atoms with E-state index in [4.69, 9.17) is 9.47 Å². The van der Waals surface area contributed by atoms with Gasteiger partial charge < -0.3 is 14.8 Å². The Bertz CT molecular complexity index is 1300. The van der Waals surface area contributed by atoms with Crippen molar-refractivity contribution in [1.82, 2.24) is 9.21 Å². The molecule has 1 aromatic carbocycles. The van der Waals surface area contributed by atoms with Gasteiger partial charge in [0, 0.05) is 36.6 Å². The van der Waals surface area contributed by atoms with E-state index in [1.807, 2.05) is 0 Å². The van der Waals surface area contributed by atoms with Crippen LogP contribution in [0.1, 0.15) is 57.8 Å². The summed E-state index contributed by atoms with van der Waals surface area (Å²) in [5.74, 6) is -1.52. The van der Waals surface area contributed by atoms with E-state index in [2.05, 4.69) is 17.1 Å². The number of nitrogens with zero attached hydrogens (tertiary/aromatic N) is 2. The normalized spacial score (nSPS) is 17.0. The fourth-order valence-electron chi connectivity index (χ4n) is 4.83. The molecule has 38 heavy (non-hydrogen) atoms. The summed E-state index contributed by atoms with van der Waals surface area (Å²) in [6, 6.07) is 5.72. The maximum atomic E-state index is 13.1. The van der Waals surface area contributed by atoms with Crippen molar-refractivity contribution in [2.24, 2.45) is 5.92 Å². The summed E-state index contributed by atoms with van der Waals surface area (Å²) >= 11 is 1.38. The molecule has 1 saturated heterocycles. The monoisotopic (exact) mass is 563 g/mol. The number of methoxy groups -OCH3 is 1. The van der Waals surface area contributed by atoms with Gasteiger partial charge in [-0.2, -0.15) is 4.31 Å². The molecule has 0 unspecified atom stereocenters. The largest absolute Gasteiger partial charge is 0.469 e. The van der Waals surface area contributed by atoms with Crippen LogP contribution in [-0.4, -0.2) is 75.4 Å². The minimum atomic E-state index is -3.77. The summed E-state index contributed by atoms with van der Waals surface area (Å²) in [5, 5.41) is 3.30. The average Bonchev–Trinajstić information content (AvgIpc) is 3.29. The average molecular weight is 564 g/mol. The van der Waals surface area contributed by atoms with Gasteiger partial charge in [-0.05, 0) is 62.6 Å². The van der Waals surface area contributed by atoms with E-state index in [1.165, 1.54) is 47.0 Å². The zero-order valence-corrected chi connectivity index (χ0v) is 23.5. The molecule has 2 aromatic rings. The van der Waals surface area contributed by atoms with Gasteiger partial charge in [0.25, 0.3) is 5.91 Å². The molecule has 0 radical (unpaired) electrons. The molecule has 3 heterocycles. The molecule has 0 atom stereocenters. The number of fused-ring (bicyclic) bond motifs is 1. The van der Waals surface area contributed by atoms with Gasteiger partial charge in [0.2, 0.25) is 10.0 Å². The van der Waals surface area contributed by atoms with E-state index in [9.17, 15) is 22.8 Å². The van der Waals surface area contributed by atoms with Gasteiger partial charge in [-0.3, -0.25) is 14.5 Å². The first kappa shape index (κ1) is 28.2. The third-order valence-electron chi connectivity index (χ3n) is 7.03. The number of carbonyl (C=O) groups is 3. The molecule has 2 aliphatic rings. The minimum absolute atomic E-state index is 0.0732. The second kappa shape index (κ2) is 11.9. The Hall–Kier alpha value is -2.80. The number of sulfonamides is 1. The van der Waals surface area contributed by atoms with Gasteiger partial charge in [0.1, 0.15) is 5.00 Å². The van der Waals surface area contributed by atoms with Crippen molar-refractivity contribution in [3.8, 4) is 0 Å². The maximum absolute atomic E-state index is 13.1. The first-order valence-corrected chi connectivity index (χ1v) is 15.0. The number of anilines is 1. The van der Waals surface area contributed by atoms with Crippen LogP contribution in [0.15, 0.2) is 29.2 Å². The number of carbonyl (C=O) groups excluding carboxylic acids is 3. The van der Waals surface area contributed by atoms with Crippen LogP contribution in [0.2, 0.25) is 0 Å². The van der Waals surface area contributed by atoms with Crippen molar-refractivity contribution >= 4 is 44.2 Å². The number of amides is 1. The van der Waals surface area contributed by atoms with Crippen LogP contribution >= 0.6 is 11.3 Å². The van der Waals surface area contributed by atoms with Crippen LogP contribution in [0.25, 0.3) is 0 Å². The third-order valence-corrected chi connectivity index (χ3v) is 10.1. The van der Waals surface area contributed by atoms with Crippen molar-refractivity contribution in [3.63, 3.8) is 0 Å². The first-order chi connectivity index (χ1) is 18.2. The second-order valence-electron chi connectivity index (χ2n) is 9.23. The lowest BCUT2D eigenvalue weighted by molar-refractivity contribution is -0.146. The molecule has 0 bridgehead atoms. The summed E-state index contributed by atoms with van der Waals surface area (Å²) in [6.07, 6.45) is 1.50. The Morgan fingerprint density at radius 1 is 1.08 bits per heavy atom. The number of ether oxygens (including phenoxy) is 2. The summed E-state index contributed by atoms with van der Waals surface area (Å²) in [5.41, 5.74) is 1.60. The van der Waals surface area contributed by atoms with Gasteiger partial charge in [0.15, 0.2) is 0 Å². The lowest BCUT2D eigenvalue weighted by atomic mass is 9.99. The maximum Gasteiger partial charge on any atom is 0.341 e. The van der Waals surface area contributed by atoms with E-state index < -0.39 is 21.9 Å². The molecule has 1 amide bonds.